The van der Waals surface area contributed by atoms with E-state index in [0.29, 0.717) is 11.4 Å². The number of fused-ring (bicyclic) bond motifs is 1. The van der Waals surface area contributed by atoms with Crippen LogP contribution in [0.3, 0.4) is 0 Å². The molecule has 1 unspecified atom stereocenters. The number of nitrogens with two attached hydrogens (primary N) is 1. The van der Waals surface area contributed by atoms with Crippen LogP contribution in [-0.4, -0.2) is 11.1 Å². The van der Waals surface area contributed by atoms with Gasteiger partial charge in [0.15, 0.2) is 0 Å². The molecule has 2 aromatic carbocycles. The average molecular weight is 259 g/mol. The second-order valence-electron chi connectivity index (χ2n) is 4.30. The Morgan fingerprint density at radius 3 is 2.67 bits per heavy atom. The maximum Gasteiger partial charge on any atom is 0.127 e. The fourth-order valence-electron chi connectivity index (χ4n) is 1.97. The standard InChI is InChI=1S/C15H17NOS/c1-2-12(10-15(16)18)17-14-9-5-7-11-6-3-4-8-13(11)14/h3-9,12H,2,10H2,1H3,(H2,16,18). The van der Waals surface area contributed by atoms with Crippen LogP contribution >= 0.6 is 12.2 Å². The molecule has 1 atom stereocenters. The van der Waals surface area contributed by atoms with Crippen molar-refractivity contribution in [2.24, 2.45) is 5.73 Å². The van der Waals surface area contributed by atoms with Gasteiger partial charge in [0.1, 0.15) is 11.9 Å². The first-order chi connectivity index (χ1) is 8.70. The molecule has 2 N–H and O–H groups in total. The Morgan fingerprint density at radius 1 is 1.22 bits per heavy atom. The van der Waals surface area contributed by atoms with Crippen molar-refractivity contribution in [3.8, 4) is 5.75 Å². The smallest absolute Gasteiger partial charge is 0.127 e. The molecule has 0 amide bonds. The van der Waals surface area contributed by atoms with Gasteiger partial charge >= 0.3 is 0 Å². The second-order valence-corrected chi connectivity index (χ2v) is 4.82. The van der Waals surface area contributed by atoms with Crippen LogP contribution < -0.4 is 10.5 Å². The molecule has 94 valence electrons. The molecule has 0 aliphatic rings. The zero-order valence-corrected chi connectivity index (χ0v) is 11.2. The molecule has 18 heavy (non-hydrogen) atoms. The first kappa shape index (κ1) is 12.8. The quantitative estimate of drug-likeness (QED) is 0.832. The van der Waals surface area contributed by atoms with Gasteiger partial charge in [0.2, 0.25) is 0 Å². The van der Waals surface area contributed by atoms with Crippen molar-refractivity contribution < 1.29 is 4.74 Å². The number of rotatable bonds is 5. The molecule has 0 aliphatic heterocycles. The van der Waals surface area contributed by atoms with Gasteiger partial charge in [0.25, 0.3) is 0 Å². The summed E-state index contributed by atoms with van der Waals surface area (Å²) in [6.07, 6.45) is 1.56. The summed E-state index contributed by atoms with van der Waals surface area (Å²) >= 11 is 4.95. The van der Waals surface area contributed by atoms with Crippen LogP contribution in [0.15, 0.2) is 42.5 Å². The molecule has 0 saturated heterocycles. The first-order valence-corrected chi connectivity index (χ1v) is 6.54. The van der Waals surface area contributed by atoms with E-state index >= 15 is 0 Å². The van der Waals surface area contributed by atoms with Crippen molar-refractivity contribution in [3.63, 3.8) is 0 Å². The monoisotopic (exact) mass is 259 g/mol. The largest absolute Gasteiger partial charge is 0.489 e. The summed E-state index contributed by atoms with van der Waals surface area (Å²) in [5, 5.41) is 2.31. The lowest BCUT2D eigenvalue weighted by Crippen LogP contribution is -2.23. The Labute approximate surface area is 113 Å². The highest BCUT2D eigenvalue weighted by Gasteiger charge is 2.11. The fraction of sp³-hybridized carbons (Fsp3) is 0.267. The van der Waals surface area contributed by atoms with Crippen molar-refractivity contribution in [2.45, 2.75) is 25.9 Å². The summed E-state index contributed by atoms with van der Waals surface area (Å²) in [6.45, 7) is 2.08. The molecule has 0 spiro atoms. The molecule has 3 heteroatoms. The average Bonchev–Trinajstić information content (AvgIpc) is 2.38. The highest BCUT2D eigenvalue weighted by molar-refractivity contribution is 7.80. The maximum atomic E-state index is 6.02. The number of ether oxygens (including phenoxy) is 1. The van der Waals surface area contributed by atoms with Crippen LogP contribution in [0, 0.1) is 0 Å². The highest BCUT2D eigenvalue weighted by Crippen LogP contribution is 2.26. The number of thiocarbonyl (C=S) groups is 1. The maximum absolute atomic E-state index is 6.02. The van der Waals surface area contributed by atoms with E-state index in [2.05, 4.69) is 25.1 Å². The summed E-state index contributed by atoms with van der Waals surface area (Å²) in [4.78, 5) is 0.502. The summed E-state index contributed by atoms with van der Waals surface area (Å²) in [5.74, 6) is 0.899. The summed E-state index contributed by atoms with van der Waals surface area (Å²) in [6, 6.07) is 14.3. The molecule has 2 aromatic rings. The number of hydrogen-bond acceptors (Lipinski definition) is 2. The molecule has 0 bridgehead atoms. The van der Waals surface area contributed by atoms with Gasteiger partial charge < -0.3 is 10.5 Å². The van der Waals surface area contributed by atoms with E-state index in [4.69, 9.17) is 22.7 Å². The lowest BCUT2D eigenvalue weighted by Gasteiger charge is -2.18. The number of hydrogen-bond donors (Lipinski definition) is 1. The third-order valence-electron chi connectivity index (χ3n) is 2.93. The van der Waals surface area contributed by atoms with Crippen molar-refractivity contribution >= 4 is 28.0 Å². The normalized spacial score (nSPS) is 12.3. The molecule has 0 fully saturated rings. The van der Waals surface area contributed by atoms with Gasteiger partial charge in [-0.3, -0.25) is 0 Å². The molecular weight excluding hydrogens is 242 g/mol. The van der Waals surface area contributed by atoms with E-state index in [9.17, 15) is 0 Å². The number of benzene rings is 2. The van der Waals surface area contributed by atoms with Gasteiger partial charge in [-0.15, -0.1) is 0 Å². The Hall–Kier alpha value is -1.61. The van der Waals surface area contributed by atoms with Crippen LogP contribution in [0.2, 0.25) is 0 Å². The molecule has 2 nitrogen and oxygen atoms in total. The van der Waals surface area contributed by atoms with E-state index in [1.54, 1.807) is 0 Å². The Bertz CT molecular complexity index is 548. The Kier molecular flexibility index (Phi) is 4.15. The van der Waals surface area contributed by atoms with Crippen LogP contribution in [0.4, 0.5) is 0 Å². The van der Waals surface area contributed by atoms with Crippen molar-refractivity contribution in [1.82, 2.24) is 0 Å². The van der Waals surface area contributed by atoms with Gasteiger partial charge in [-0.2, -0.15) is 0 Å². The van der Waals surface area contributed by atoms with Crippen molar-refractivity contribution in [3.05, 3.63) is 42.5 Å². The van der Waals surface area contributed by atoms with Crippen molar-refractivity contribution in [1.29, 1.82) is 0 Å². The second kappa shape index (κ2) is 5.83. The van der Waals surface area contributed by atoms with Gasteiger partial charge in [0, 0.05) is 11.8 Å². The third-order valence-corrected chi connectivity index (χ3v) is 3.09. The van der Waals surface area contributed by atoms with E-state index in [-0.39, 0.29) is 6.10 Å². The summed E-state index contributed by atoms with van der Waals surface area (Å²) < 4.78 is 6.02. The van der Waals surface area contributed by atoms with E-state index < -0.39 is 0 Å². The first-order valence-electron chi connectivity index (χ1n) is 6.13. The summed E-state index contributed by atoms with van der Waals surface area (Å²) in [5.41, 5.74) is 5.59. The van der Waals surface area contributed by atoms with E-state index in [0.717, 1.165) is 17.6 Å². The van der Waals surface area contributed by atoms with Crippen LogP contribution in [-0.2, 0) is 0 Å². The third kappa shape index (κ3) is 2.99. The zero-order chi connectivity index (χ0) is 13.0. The van der Waals surface area contributed by atoms with Gasteiger partial charge in [-0.1, -0.05) is 55.5 Å². The Morgan fingerprint density at radius 2 is 1.94 bits per heavy atom. The fourth-order valence-corrected chi connectivity index (χ4v) is 2.16. The van der Waals surface area contributed by atoms with Gasteiger partial charge in [-0.25, -0.2) is 0 Å². The van der Waals surface area contributed by atoms with Crippen LogP contribution in [0.5, 0.6) is 5.75 Å². The van der Waals surface area contributed by atoms with E-state index in [1.165, 1.54) is 5.39 Å². The molecule has 0 aromatic heterocycles. The van der Waals surface area contributed by atoms with Gasteiger partial charge in [0.05, 0.1) is 4.99 Å². The predicted octanol–water partition coefficient (Wildman–Crippen LogP) is 3.67. The van der Waals surface area contributed by atoms with Gasteiger partial charge in [-0.05, 0) is 17.9 Å². The molecule has 0 saturated carbocycles. The predicted molar refractivity (Wildman–Crippen MR) is 80.1 cm³/mol. The van der Waals surface area contributed by atoms with Crippen LogP contribution in [0.25, 0.3) is 10.8 Å². The molecule has 0 heterocycles. The lowest BCUT2D eigenvalue weighted by molar-refractivity contribution is 0.208. The molecule has 2 rings (SSSR count). The zero-order valence-electron chi connectivity index (χ0n) is 10.4. The SMILES string of the molecule is CCC(CC(N)=S)Oc1cccc2ccccc12. The topological polar surface area (TPSA) is 35.2 Å². The molecule has 0 radical (unpaired) electrons. The molecule has 0 aliphatic carbocycles. The van der Waals surface area contributed by atoms with E-state index in [1.807, 2.05) is 24.3 Å². The van der Waals surface area contributed by atoms with Crippen LogP contribution in [0.1, 0.15) is 19.8 Å². The summed E-state index contributed by atoms with van der Waals surface area (Å²) in [7, 11) is 0. The minimum Gasteiger partial charge on any atom is -0.489 e. The van der Waals surface area contributed by atoms with Crippen molar-refractivity contribution in [2.75, 3.05) is 0 Å². The minimum atomic E-state index is 0.0494. The minimum absolute atomic E-state index is 0.0494. The lowest BCUT2D eigenvalue weighted by atomic mass is 10.1. The highest BCUT2D eigenvalue weighted by atomic mass is 32.1. The Balaban J connectivity index is 2.27. The molecular formula is C15H17NOS.